The number of hydrogen-bond donors (Lipinski definition) is 3. The number of amides is 1. The van der Waals surface area contributed by atoms with Crippen LogP contribution in [0.2, 0.25) is 0 Å². The molecule has 0 unspecified atom stereocenters. The Bertz CT molecular complexity index is 192. The first kappa shape index (κ1) is 9.55. The summed E-state index contributed by atoms with van der Waals surface area (Å²) in [6.07, 6.45) is 1.58. The molecule has 0 heterocycles. The van der Waals surface area contributed by atoms with Crippen LogP contribution in [-0.2, 0) is 4.79 Å². The van der Waals surface area contributed by atoms with E-state index in [1.54, 1.807) is 13.0 Å². The minimum atomic E-state index is -0.259. The molecule has 4 nitrogen and oxygen atoms in total. The zero-order valence-corrected chi connectivity index (χ0v) is 6.55. The summed E-state index contributed by atoms with van der Waals surface area (Å²) in [4.78, 5) is 11.0. The molecule has 0 spiro atoms. The molecule has 0 saturated heterocycles. The van der Waals surface area contributed by atoms with Gasteiger partial charge in [-0.1, -0.05) is 6.08 Å². The molecule has 0 aromatic rings. The molecular formula is C7H13N3O. The molecule has 0 radical (unpaired) electrons. The molecule has 0 aliphatic carbocycles. The minimum Gasteiger partial charge on any atom is -0.385 e. The van der Waals surface area contributed by atoms with Crippen LogP contribution in [0, 0.1) is 0 Å². The van der Waals surface area contributed by atoms with Crippen molar-refractivity contribution < 1.29 is 4.79 Å². The van der Waals surface area contributed by atoms with Crippen molar-refractivity contribution in [3.63, 3.8) is 0 Å². The van der Waals surface area contributed by atoms with Crippen molar-refractivity contribution in [2.75, 3.05) is 6.54 Å². The highest BCUT2D eigenvalue weighted by Crippen LogP contribution is 1.91. The van der Waals surface area contributed by atoms with Crippen molar-refractivity contribution in [3.05, 3.63) is 24.0 Å². The van der Waals surface area contributed by atoms with Gasteiger partial charge < -0.3 is 16.8 Å². The number of rotatable bonds is 3. The van der Waals surface area contributed by atoms with Crippen molar-refractivity contribution in [3.8, 4) is 0 Å². The summed E-state index contributed by atoms with van der Waals surface area (Å²) < 4.78 is 0. The van der Waals surface area contributed by atoms with E-state index in [-0.39, 0.29) is 11.7 Å². The monoisotopic (exact) mass is 155 g/mol. The summed E-state index contributed by atoms with van der Waals surface area (Å²) in [6, 6.07) is 0. The lowest BCUT2D eigenvalue weighted by atomic mass is 10.3. The molecular weight excluding hydrogens is 142 g/mol. The van der Waals surface area contributed by atoms with E-state index < -0.39 is 0 Å². The lowest BCUT2D eigenvalue weighted by Crippen LogP contribution is -2.27. The molecule has 0 bridgehead atoms. The summed E-state index contributed by atoms with van der Waals surface area (Å²) in [6.45, 7) is 5.43. The van der Waals surface area contributed by atoms with Crippen LogP contribution >= 0.6 is 0 Å². The van der Waals surface area contributed by atoms with Crippen molar-refractivity contribution in [1.82, 2.24) is 5.32 Å². The molecule has 5 N–H and O–H groups in total. The molecule has 0 aromatic heterocycles. The third-order valence-corrected chi connectivity index (χ3v) is 1.18. The molecule has 0 aliphatic rings. The smallest absolute Gasteiger partial charge is 0.250 e. The Balaban J connectivity index is 4.04. The van der Waals surface area contributed by atoms with Crippen molar-refractivity contribution in [2.45, 2.75) is 6.92 Å². The SMILES string of the molecule is C=CCNC(=O)C(C)=C(N)N. The fraction of sp³-hybridized carbons (Fsp3) is 0.286. The Morgan fingerprint density at radius 2 is 2.18 bits per heavy atom. The van der Waals surface area contributed by atoms with Gasteiger partial charge in [0.15, 0.2) is 0 Å². The van der Waals surface area contributed by atoms with E-state index in [1.165, 1.54) is 0 Å². The van der Waals surface area contributed by atoms with Gasteiger partial charge in [0.2, 0.25) is 0 Å². The van der Waals surface area contributed by atoms with Gasteiger partial charge in [0.25, 0.3) is 5.91 Å². The van der Waals surface area contributed by atoms with Crippen LogP contribution in [-0.4, -0.2) is 12.5 Å². The van der Waals surface area contributed by atoms with Gasteiger partial charge in [-0.2, -0.15) is 0 Å². The van der Waals surface area contributed by atoms with E-state index in [1.807, 2.05) is 0 Å². The van der Waals surface area contributed by atoms with Crippen LogP contribution in [0.1, 0.15) is 6.92 Å². The Labute approximate surface area is 65.9 Å². The first-order valence-corrected chi connectivity index (χ1v) is 3.20. The molecule has 0 rings (SSSR count). The minimum absolute atomic E-state index is 0.0477. The molecule has 0 atom stereocenters. The van der Waals surface area contributed by atoms with E-state index in [0.717, 1.165) is 0 Å². The maximum atomic E-state index is 11.0. The lowest BCUT2D eigenvalue weighted by Gasteiger charge is -2.02. The largest absolute Gasteiger partial charge is 0.385 e. The fourth-order valence-corrected chi connectivity index (χ4v) is 0.429. The summed E-state index contributed by atoms with van der Waals surface area (Å²) in [5.41, 5.74) is 10.7. The second kappa shape index (κ2) is 4.38. The molecule has 11 heavy (non-hydrogen) atoms. The van der Waals surface area contributed by atoms with Crippen LogP contribution in [0.4, 0.5) is 0 Å². The molecule has 0 saturated carbocycles. The summed E-state index contributed by atoms with van der Waals surface area (Å²) >= 11 is 0. The van der Waals surface area contributed by atoms with Gasteiger partial charge in [0.1, 0.15) is 5.82 Å². The van der Waals surface area contributed by atoms with Gasteiger partial charge in [-0.25, -0.2) is 0 Å². The molecule has 0 aromatic carbocycles. The standard InChI is InChI=1S/C7H13N3O/c1-3-4-10-7(11)5(2)6(8)9/h3H,1,4,8-9H2,2H3,(H,10,11). The fourth-order valence-electron chi connectivity index (χ4n) is 0.429. The molecule has 62 valence electrons. The number of nitrogens with two attached hydrogens (primary N) is 2. The van der Waals surface area contributed by atoms with Crippen LogP contribution < -0.4 is 16.8 Å². The van der Waals surface area contributed by atoms with Crippen LogP contribution in [0.15, 0.2) is 24.0 Å². The Hall–Kier alpha value is -1.45. The number of nitrogens with one attached hydrogen (secondary N) is 1. The quantitative estimate of drug-likeness (QED) is 0.377. The zero-order chi connectivity index (χ0) is 8.85. The first-order chi connectivity index (χ1) is 5.09. The molecule has 0 aliphatic heterocycles. The third kappa shape index (κ3) is 3.30. The van der Waals surface area contributed by atoms with Crippen LogP contribution in [0.25, 0.3) is 0 Å². The van der Waals surface area contributed by atoms with E-state index in [4.69, 9.17) is 11.5 Å². The van der Waals surface area contributed by atoms with Crippen LogP contribution in [0.3, 0.4) is 0 Å². The molecule has 0 fully saturated rings. The summed E-state index contributed by atoms with van der Waals surface area (Å²) in [5.74, 6) is -0.212. The maximum Gasteiger partial charge on any atom is 0.250 e. The highest BCUT2D eigenvalue weighted by molar-refractivity contribution is 5.93. The second-order valence-corrected chi connectivity index (χ2v) is 2.08. The molecule has 1 amide bonds. The topological polar surface area (TPSA) is 81.1 Å². The van der Waals surface area contributed by atoms with E-state index in [2.05, 4.69) is 11.9 Å². The lowest BCUT2D eigenvalue weighted by molar-refractivity contribution is -0.117. The number of hydrogen-bond acceptors (Lipinski definition) is 3. The second-order valence-electron chi connectivity index (χ2n) is 2.08. The van der Waals surface area contributed by atoms with Gasteiger partial charge in [-0.3, -0.25) is 4.79 Å². The number of carbonyl (C=O) groups excluding carboxylic acids is 1. The third-order valence-electron chi connectivity index (χ3n) is 1.18. The highest BCUT2D eigenvalue weighted by Gasteiger charge is 2.03. The predicted octanol–water partition coefficient (Wildman–Crippen LogP) is -0.562. The molecule has 4 heteroatoms. The van der Waals surface area contributed by atoms with Crippen molar-refractivity contribution in [2.24, 2.45) is 11.5 Å². The average Bonchev–Trinajstić information content (AvgIpc) is 1.98. The van der Waals surface area contributed by atoms with E-state index in [0.29, 0.717) is 12.1 Å². The van der Waals surface area contributed by atoms with Crippen molar-refractivity contribution >= 4 is 5.91 Å². The summed E-state index contributed by atoms with van der Waals surface area (Å²) in [7, 11) is 0. The summed E-state index contributed by atoms with van der Waals surface area (Å²) in [5, 5.41) is 2.54. The maximum absolute atomic E-state index is 11.0. The Morgan fingerprint density at radius 3 is 2.55 bits per heavy atom. The van der Waals surface area contributed by atoms with Gasteiger partial charge in [-0.05, 0) is 6.92 Å². The van der Waals surface area contributed by atoms with Crippen LogP contribution in [0.5, 0.6) is 0 Å². The highest BCUT2D eigenvalue weighted by atomic mass is 16.1. The van der Waals surface area contributed by atoms with Gasteiger partial charge in [0.05, 0.1) is 5.57 Å². The van der Waals surface area contributed by atoms with Crippen molar-refractivity contribution in [1.29, 1.82) is 0 Å². The first-order valence-electron chi connectivity index (χ1n) is 3.20. The van der Waals surface area contributed by atoms with Gasteiger partial charge >= 0.3 is 0 Å². The van der Waals surface area contributed by atoms with Gasteiger partial charge in [0, 0.05) is 6.54 Å². The predicted molar refractivity (Wildman–Crippen MR) is 44.3 cm³/mol. The van der Waals surface area contributed by atoms with Gasteiger partial charge in [-0.15, -0.1) is 6.58 Å². The van der Waals surface area contributed by atoms with E-state index in [9.17, 15) is 4.79 Å². The zero-order valence-electron chi connectivity index (χ0n) is 6.55. The normalized spacial score (nSPS) is 8.45. The Kier molecular flexibility index (Phi) is 3.80. The average molecular weight is 155 g/mol. The number of carbonyl (C=O) groups is 1. The van der Waals surface area contributed by atoms with E-state index >= 15 is 0 Å². The Morgan fingerprint density at radius 1 is 1.64 bits per heavy atom.